The number of nitrogens with one attached hydrogen (secondary N) is 2. The molecule has 1 aromatic heterocycles. The van der Waals surface area contributed by atoms with Crippen LogP contribution in [0.3, 0.4) is 0 Å². The molecule has 2 N–H and O–H groups in total. The number of benzene rings is 1. The van der Waals surface area contributed by atoms with Crippen molar-refractivity contribution in [3.05, 3.63) is 29.8 Å². The van der Waals surface area contributed by atoms with E-state index in [1.165, 1.54) is 35.9 Å². The Morgan fingerprint density at radius 1 is 1.24 bits per heavy atom. The van der Waals surface area contributed by atoms with Crippen LogP contribution in [0.2, 0.25) is 0 Å². The van der Waals surface area contributed by atoms with Gasteiger partial charge in [0.25, 0.3) is 0 Å². The summed E-state index contributed by atoms with van der Waals surface area (Å²) in [5.74, 6) is 0.222. The van der Waals surface area contributed by atoms with E-state index in [1.54, 1.807) is 24.3 Å². The van der Waals surface area contributed by atoms with Gasteiger partial charge in [-0.05, 0) is 37.1 Å². The molecule has 0 spiro atoms. The molecule has 0 bridgehead atoms. The zero-order chi connectivity index (χ0) is 17.8. The predicted octanol–water partition coefficient (Wildman–Crippen LogP) is 3.68. The third-order valence-corrected chi connectivity index (χ3v) is 5.62. The first-order chi connectivity index (χ1) is 12.0. The van der Waals surface area contributed by atoms with Crippen molar-refractivity contribution < 1.29 is 9.59 Å². The molecule has 132 valence electrons. The molecule has 1 aromatic carbocycles. The number of ketones is 1. The molecule has 1 aliphatic carbocycles. The average Bonchev–Trinajstić information content (AvgIpc) is 3.29. The third kappa shape index (κ3) is 5.27. The largest absolute Gasteiger partial charge is 0.357 e. The summed E-state index contributed by atoms with van der Waals surface area (Å²) in [5, 5.41) is 15.1. The SMILES string of the molecule is CC(C)C(=O)Nc1ccc(C(=O)CSc2nnc(NC3CC3)s2)cc1. The number of hydrogen-bond acceptors (Lipinski definition) is 7. The monoisotopic (exact) mass is 376 g/mol. The minimum atomic E-state index is -0.0797. The zero-order valence-electron chi connectivity index (χ0n) is 14.1. The van der Waals surface area contributed by atoms with E-state index in [4.69, 9.17) is 0 Å². The molecule has 1 fully saturated rings. The van der Waals surface area contributed by atoms with Crippen LogP contribution >= 0.6 is 23.1 Å². The van der Waals surface area contributed by atoms with E-state index in [-0.39, 0.29) is 17.6 Å². The van der Waals surface area contributed by atoms with Crippen LogP contribution in [0.4, 0.5) is 10.8 Å². The van der Waals surface area contributed by atoms with Gasteiger partial charge in [0.05, 0.1) is 5.75 Å². The second-order valence-corrected chi connectivity index (χ2v) is 8.42. The van der Waals surface area contributed by atoms with Crippen molar-refractivity contribution in [1.29, 1.82) is 0 Å². The Morgan fingerprint density at radius 3 is 2.60 bits per heavy atom. The van der Waals surface area contributed by atoms with E-state index >= 15 is 0 Å². The lowest BCUT2D eigenvalue weighted by molar-refractivity contribution is -0.118. The van der Waals surface area contributed by atoms with Crippen LogP contribution in [-0.4, -0.2) is 33.7 Å². The summed E-state index contributed by atoms with van der Waals surface area (Å²) in [6.45, 7) is 3.67. The van der Waals surface area contributed by atoms with Gasteiger partial charge in [-0.15, -0.1) is 10.2 Å². The van der Waals surface area contributed by atoms with E-state index in [9.17, 15) is 9.59 Å². The normalized spacial score (nSPS) is 13.7. The lowest BCUT2D eigenvalue weighted by Crippen LogP contribution is -2.17. The Balaban J connectivity index is 1.50. The highest BCUT2D eigenvalue weighted by atomic mass is 32.2. The molecule has 1 saturated carbocycles. The van der Waals surface area contributed by atoms with Crippen molar-refractivity contribution in [2.75, 3.05) is 16.4 Å². The maximum atomic E-state index is 12.3. The highest BCUT2D eigenvalue weighted by molar-refractivity contribution is 8.01. The van der Waals surface area contributed by atoms with E-state index < -0.39 is 0 Å². The van der Waals surface area contributed by atoms with Crippen LogP contribution in [0.25, 0.3) is 0 Å². The molecule has 0 radical (unpaired) electrons. The van der Waals surface area contributed by atoms with Gasteiger partial charge >= 0.3 is 0 Å². The fourth-order valence-corrected chi connectivity index (χ4v) is 3.69. The van der Waals surface area contributed by atoms with Crippen molar-refractivity contribution in [2.24, 2.45) is 5.92 Å². The molecule has 8 heteroatoms. The third-order valence-electron chi connectivity index (χ3n) is 3.64. The fraction of sp³-hybridized carbons (Fsp3) is 0.412. The molecule has 3 rings (SSSR count). The first-order valence-electron chi connectivity index (χ1n) is 8.18. The maximum Gasteiger partial charge on any atom is 0.226 e. The number of hydrogen-bond donors (Lipinski definition) is 2. The molecule has 6 nitrogen and oxygen atoms in total. The van der Waals surface area contributed by atoms with Gasteiger partial charge < -0.3 is 10.6 Å². The number of carbonyl (C=O) groups excluding carboxylic acids is 2. The lowest BCUT2D eigenvalue weighted by atomic mass is 10.1. The Bertz CT molecular complexity index is 754. The average molecular weight is 377 g/mol. The molecule has 1 aliphatic rings. The minimum absolute atomic E-state index is 0.0265. The van der Waals surface area contributed by atoms with Crippen molar-refractivity contribution in [2.45, 2.75) is 37.1 Å². The van der Waals surface area contributed by atoms with Crippen LogP contribution in [-0.2, 0) is 4.79 Å². The van der Waals surface area contributed by atoms with Crippen LogP contribution < -0.4 is 10.6 Å². The molecule has 25 heavy (non-hydrogen) atoms. The summed E-state index contributed by atoms with van der Waals surface area (Å²) >= 11 is 2.88. The lowest BCUT2D eigenvalue weighted by Gasteiger charge is -2.08. The topological polar surface area (TPSA) is 84.0 Å². The number of thioether (sulfide) groups is 1. The number of carbonyl (C=O) groups is 2. The number of amides is 1. The summed E-state index contributed by atoms with van der Waals surface area (Å²) in [6, 6.07) is 7.52. The summed E-state index contributed by atoms with van der Waals surface area (Å²) < 4.78 is 0.789. The predicted molar refractivity (Wildman–Crippen MR) is 102 cm³/mol. The van der Waals surface area contributed by atoms with Crippen LogP contribution in [0.15, 0.2) is 28.6 Å². The molecule has 0 atom stereocenters. The van der Waals surface area contributed by atoms with Gasteiger partial charge in [-0.1, -0.05) is 36.9 Å². The molecule has 0 aliphatic heterocycles. The molecule has 2 aromatic rings. The Morgan fingerprint density at radius 2 is 1.96 bits per heavy atom. The number of nitrogens with zero attached hydrogens (tertiary/aromatic N) is 2. The smallest absolute Gasteiger partial charge is 0.226 e. The van der Waals surface area contributed by atoms with Gasteiger partial charge in [0, 0.05) is 23.2 Å². The summed E-state index contributed by atoms with van der Waals surface area (Å²) in [5.41, 5.74) is 1.32. The quantitative estimate of drug-likeness (QED) is 0.540. The molecular formula is C17H20N4O2S2. The van der Waals surface area contributed by atoms with Gasteiger partial charge in [-0.2, -0.15) is 0 Å². The molecule has 1 heterocycles. The van der Waals surface area contributed by atoms with Crippen molar-refractivity contribution in [1.82, 2.24) is 10.2 Å². The van der Waals surface area contributed by atoms with Gasteiger partial charge in [0.15, 0.2) is 10.1 Å². The zero-order valence-corrected chi connectivity index (χ0v) is 15.7. The summed E-state index contributed by atoms with van der Waals surface area (Å²) in [7, 11) is 0. The molecular weight excluding hydrogens is 356 g/mol. The maximum absolute atomic E-state index is 12.3. The summed E-state index contributed by atoms with van der Waals surface area (Å²) in [4.78, 5) is 24.0. The Hall–Kier alpha value is -1.93. The van der Waals surface area contributed by atoms with Crippen molar-refractivity contribution in [3.8, 4) is 0 Å². The van der Waals surface area contributed by atoms with Crippen LogP contribution in [0.5, 0.6) is 0 Å². The number of Topliss-reactive ketones (excluding diaryl/α,β-unsaturated/α-hetero) is 1. The number of anilines is 2. The van der Waals surface area contributed by atoms with Crippen LogP contribution in [0.1, 0.15) is 37.0 Å². The first-order valence-corrected chi connectivity index (χ1v) is 9.98. The fourth-order valence-electron chi connectivity index (χ4n) is 1.97. The highest BCUT2D eigenvalue weighted by Crippen LogP contribution is 2.30. The van der Waals surface area contributed by atoms with E-state index in [0.717, 1.165) is 9.47 Å². The second-order valence-electron chi connectivity index (χ2n) is 6.22. The van der Waals surface area contributed by atoms with Gasteiger partial charge in [-0.25, -0.2) is 0 Å². The standard InChI is InChI=1S/C17H20N4O2S2/c1-10(2)15(23)18-12-5-3-11(4-6-12)14(22)9-24-17-21-20-16(25-17)19-13-7-8-13/h3-6,10,13H,7-9H2,1-2H3,(H,18,23)(H,19,20). The molecule has 0 saturated heterocycles. The molecule has 0 unspecified atom stereocenters. The van der Waals surface area contributed by atoms with E-state index in [1.807, 2.05) is 13.8 Å². The van der Waals surface area contributed by atoms with Crippen molar-refractivity contribution >= 4 is 45.6 Å². The summed E-state index contributed by atoms with van der Waals surface area (Å²) in [6.07, 6.45) is 2.38. The van der Waals surface area contributed by atoms with Gasteiger partial charge in [0.1, 0.15) is 0 Å². The Labute approximate surface area is 154 Å². The minimum Gasteiger partial charge on any atom is -0.357 e. The van der Waals surface area contributed by atoms with E-state index in [0.29, 0.717) is 23.0 Å². The van der Waals surface area contributed by atoms with Crippen LogP contribution in [0, 0.1) is 5.92 Å². The number of rotatable bonds is 8. The van der Waals surface area contributed by atoms with Crippen molar-refractivity contribution in [3.63, 3.8) is 0 Å². The van der Waals surface area contributed by atoms with Gasteiger partial charge in [0.2, 0.25) is 11.0 Å². The second kappa shape index (κ2) is 7.97. The number of aromatic nitrogens is 2. The highest BCUT2D eigenvalue weighted by Gasteiger charge is 2.22. The first kappa shape index (κ1) is 17.9. The van der Waals surface area contributed by atoms with E-state index in [2.05, 4.69) is 20.8 Å². The van der Waals surface area contributed by atoms with Gasteiger partial charge in [-0.3, -0.25) is 9.59 Å². The molecule has 1 amide bonds. The Kier molecular flexibility index (Phi) is 5.70.